The number of hydrogen-bond acceptors (Lipinski definition) is 4. The van der Waals surface area contributed by atoms with Crippen molar-refractivity contribution in [3.63, 3.8) is 0 Å². The van der Waals surface area contributed by atoms with Gasteiger partial charge in [-0.05, 0) is 49.1 Å². The second-order valence-electron chi connectivity index (χ2n) is 6.89. The molecule has 3 aromatic rings. The van der Waals surface area contributed by atoms with Crippen molar-refractivity contribution in [2.75, 3.05) is 11.4 Å². The van der Waals surface area contributed by atoms with Crippen LogP contribution in [0.25, 0.3) is 5.69 Å². The number of anilines is 1. The molecule has 1 fully saturated rings. The van der Waals surface area contributed by atoms with Gasteiger partial charge in [-0.1, -0.05) is 23.7 Å². The molecule has 27 heavy (non-hydrogen) atoms. The molecule has 2 aliphatic rings. The number of amides is 1. The zero-order chi connectivity index (χ0) is 18.4. The van der Waals surface area contributed by atoms with Gasteiger partial charge in [-0.25, -0.2) is 9.67 Å². The Morgan fingerprint density at radius 2 is 2.04 bits per heavy atom. The molecule has 2 aromatic carbocycles. The second kappa shape index (κ2) is 6.39. The summed E-state index contributed by atoms with van der Waals surface area (Å²) in [5.41, 5.74) is 2.10. The predicted molar refractivity (Wildman–Crippen MR) is 102 cm³/mol. The fourth-order valence-corrected chi connectivity index (χ4v) is 3.69. The van der Waals surface area contributed by atoms with Gasteiger partial charge in [0, 0.05) is 5.56 Å². The van der Waals surface area contributed by atoms with Gasteiger partial charge in [0.2, 0.25) is 0 Å². The maximum Gasteiger partial charge on any atom is 0.258 e. The molecule has 5 rings (SSSR count). The summed E-state index contributed by atoms with van der Waals surface area (Å²) < 4.78 is 7.77. The lowest BCUT2D eigenvalue weighted by Gasteiger charge is -2.35. The molecule has 7 heteroatoms. The molecule has 0 N–H and O–H groups in total. The van der Waals surface area contributed by atoms with E-state index in [4.69, 9.17) is 16.3 Å². The van der Waals surface area contributed by atoms with E-state index in [1.807, 2.05) is 36.4 Å². The third-order valence-corrected chi connectivity index (χ3v) is 5.34. The van der Waals surface area contributed by atoms with Crippen LogP contribution >= 0.6 is 11.6 Å². The molecule has 0 spiro atoms. The van der Waals surface area contributed by atoms with Crippen molar-refractivity contribution in [1.29, 1.82) is 0 Å². The van der Waals surface area contributed by atoms with Crippen molar-refractivity contribution in [3.05, 3.63) is 65.7 Å². The van der Waals surface area contributed by atoms with Crippen LogP contribution in [-0.4, -0.2) is 33.3 Å². The average molecular weight is 381 g/mol. The van der Waals surface area contributed by atoms with E-state index in [2.05, 4.69) is 10.1 Å². The van der Waals surface area contributed by atoms with Crippen molar-refractivity contribution < 1.29 is 9.53 Å². The van der Waals surface area contributed by atoms with Gasteiger partial charge in [-0.15, -0.1) is 0 Å². The number of nitrogens with zero attached hydrogens (tertiary/aromatic N) is 4. The van der Waals surface area contributed by atoms with E-state index in [0.717, 1.165) is 24.2 Å². The summed E-state index contributed by atoms with van der Waals surface area (Å²) in [6, 6.07) is 12.9. The van der Waals surface area contributed by atoms with Gasteiger partial charge in [-0.3, -0.25) is 4.79 Å². The minimum Gasteiger partial charge on any atom is -0.485 e. The normalized spacial score (nSPS) is 18.7. The Bertz CT molecular complexity index is 1000. The van der Waals surface area contributed by atoms with Gasteiger partial charge in [-0.2, -0.15) is 5.10 Å². The number of para-hydroxylation sites is 1. The fourth-order valence-electron chi connectivity index (χ4n) is 3.48. The molecule has 1 aliphatic carbocycles. The van der Waals surface area contributed by atoms with Crippen molar-refractivity contribution in [3.8, 4) is 11.4 Å². The van der Waals surface area contributed by atoms with Crippen LogP contribution in [0.4, 0.5) is 5.69 Å². The van der Waals surface area contributed by atoms with Gasteiger partial charge in [0.05, 0.1) is 22.9 Å². The summed E-state index contributed by atoms with van der Waals surface area (Å²) in [6.45, 7) is 0.532. The van der Waals surface area contributed by atoms with Gasteiger partial charge in [0.15, 0.2) is 5.75 Å². The Labute approximate surface area is 161 Å². The van der Waals surface area contributed by atoms with E-state index < -0.39 is 0 Å². The maximum absolute atomic E-state index is 13.4. The highest BCUT2D eigenvalue weighted by atomic mass is 35.5. The van der Waals surface area contributed by atoms with Crippen LogP contribution < -0.4 is 9.64 Å². The number of ether oxygens (including phenoxy) is 1. The molecule has 1 saturated carbocycles. The molecule has 136 valence electrons. The minimum atomic E-state index is -0.0746. The highest BCUT2D eigenvalue weighted by Gasteiger charge is 2.40. The van der Waals surface area contributed by atoms with E-state index >= 15 is 0 Å². The Hall–Kier alpha value is -2.86. The Kier molecular flexibility index (Phi) is 3.86. The molecule has 0 radical (unpaired) electrons. The molecule has 1 amide bonds. The third-order valence-electron chi connectivity index (χ3n) is 5.04. The highest BCUT2D eigenvalue weighted by Crippen LogP contribution is 2.45. The first-order valence-corrected chi connectivity index (χ1v) is 9.30. The molecular formula is C20H17ClN4O2. The summed E-state index contributed by atoms with van der Waals surface area (Å²) >= 11 is 6.36. The lowest BCUT2D eigenvalue weighted by atomic mass is 10.1. The van der Waals surface area contributed by atoms with Crippen LogP contribution in [0.5, 0.6) is 5.75 Å². The van der Waals surface area contributed by atoms with Gasteiger partial charge >= 0.3 is 0 Å². The van der Waals surface area contributed by atoms with E-state index in [1.165, 1.54) is 6.33 Å². The summed E-state index contributed by atoms with van der Waals surface area (Å²) in [5, 5.41) is 4.67. The number of hydrogen-bond donors (Lipinski definition) is 0. The lowest BCUT2D eigenvalue weighted by Crippen LogP contribution is -2.44. The molecule has 2 heterocycles. The Balaban J connectivity index is 1.53. The molecule has 0 saturated heterocycles. The van der Waals surface area contributed by atoms with Crippen molar-refractivity contribution in [2.24, 2.45) is 5.92 Å². The fraction of sp³-hybridized carbons (Fsp3) is 0.250. The number of carbonyl (C=O) groups excluding carboxylic acids is 1. The number of halogens is 1. The summed E-state index contributed by atoms with van der Waals surface area (Å²) in [7, 11) is 0. The maximum atomic E-state index is 13.4. The van der Waals surface area contributed by atoms with Crippen LogP contribution in [0.1, 0.15) is 23.2 Å². The van der Waals surface area contributed by atoms with E-state index in [9.17, 15) is 4.79 Å². The van der Waals surface area contributed by atoms with E-state index in [1.54, 1.807) is 22.0 Å². The number of carbonyl (C=O) groups is 1. The van der Waals surface area contributed by atoms with Crippen molar-refractivity contribution in [1.82, 2.24) is 14.8 Å². The SMILES string of the molecule is O=C(c1cccc(-n2cncn2)c1)N1CC(C2CC2)Oc2c(Cl)cccc21. The molecule has 6 nitrogen and oxygen atoms in total. The smallest absolute Gasteiger partial charge is 0.258 e. The van der Waals surface area contributed by atoms with Gasteiger partial charge < -0.3 is 9.64 Å². The topological polar surface area (TPSA) is 60.2 Å². The first-order valence-electron chi connectivity index (χ1n) is 8.93. The van der Waals surface area contributed by atoms with Gasteiger partial charge in [0.1, 0.15) is 18.8 Å². The molecule has 1 aliphatic heterocycles. The first kappa shape index (κ1) is 16.3. The molecule has 1 aromatic heterocycles. The number of benzene rings is 2. The average Bonchev–Trinajstić information content (AvgIpc) is 3.41. The highest BCUT2D eigenvalue weighted by molar-refractivity contribution is 6.32. The largest absolute Gasteiger partial charge is 0.485 e. The monoisotopic (exact) mass is 380 g/mol. The Morgan fingerprint density at radius 1 is 1.19 bits per heavy atom. The minimum absolute atomic E-state index is 0.0140. The summed E-state index contributed by atoms with van der Waals surface area (Å²) in [4.78, 5) is 19.1. The lowest BCUT2D eigenvalue weighted by molar-refractivity contribution is 0.0946. The molecule has 1 unspecified atom stereocenters. The number of fused-ring (bicyclic) bond motifs is 1. The second-order valence-corrected chi connectivity index (χ2v) is 7.30. The van der Waals surface area contributed by atoms with Crippen molar-refractivity contribution >= 4 is 23.2 Å². The number of rotatable bonds is 3. The molecule has 1 atom stereocenters. The number of aromatic nitrogens is 3. The molecule has 0 bridgehead atoms. The molecular weight excluding hydrogens is 364 g/mol. The first-order chi connectivity index (χ1) is 13.2. The van der Waals surface area contributed by atoms with Crippen LogP contribution in [0.2, 0.25) is 5.02 Å². The zero-order valence-corrected chi connectivity index (χ0v) is 15.2. The van der Waals surface area contributed by atoms with Crippen LogP contribution in [-0.2, 0) is 0 Å². The predicted octanol–water partition coefficient (Wildman–Crippen LogP) is 3.74. The summed E-state index contributed by atoms with van der Waals surface area (Å²) in [5.74, 6) is 1.02. The van der Waals surface area contributed by atoms with Crippen molar-refractivity contribution in [2.45, 2.75) is 18.9 Å². The van der Waals surface area contributed by atoms with Gasteiger partial charge in [0.25, 0.3) is 5.91 Å². The van der Waals surface area contributed by atoms with E-state index in [0.29, 0.717) is 28.8 Å². The van der Waals surface area contributed by atoms with Crippen LogP contribution in [0, 0.1) is 5.92 Å². The zero-order valence-electron chi connectivity index (χ0n) is 14.5. The van der Waals surface area contributed by atoms with Crippen LogP contribution in [0.3, 0.4) is 0 Å². The summed E-state index contributed by atoms with van der Waals surface area (Å²) in [6.07, 6.45) is 5.33. The Morgan fingerprint density at radius 3 is 2.81 bits per heavy atom. The standard InChI is InChI=1S/C20H17ClN4O2/c21-16-5-2-6-17-19(16)27-18(13-7-8-13)10-24(17)20(26)14-3-1-4-15(9-14)25-12-22-11-23-25/h1-6,9,11-13,18H,7-8,10H2. The van der Waals surface area contributed by atoms with E-state index in [-0.39, 0.29) is 12.0 Å². The quantitative estimate of drug-likeness (QED) is 0.694. The van der Waals surface area contributed by atoms with Crippen LogP contribution in [0.15, 0.2) is 55.1 Å². The third kappa shape index (κ3) is 2.96.